The lowest BCUT2D eigenvalue weighted by atomic mass is 9.81. The molecule has 1 heterocycles. The summed E-state index contributed by atoms with van der Waals surface area (Å²) in [7, 11) is 0. The monoisotopic (exact) mass is 249 g/mol. The number of nitrogens with one attached hydrogen (secondary N) is 2. The first-order chi connectivity index (χ1) is 8.72. The van der Waals surface area contributed by atoms with Gasteiger partial charge in [0.1, 0.15) is 0 Å². The molecule has 1 aliphatic heterocycles. The van der Waals surface area contributed by atoms with Crippen molar-refractivity contribution < 1.29 is 4.79 Å². The summed E-state index contributed by atoms with van der Waals surface area (Å²) >= 11 is 0. The summed E-state index contributed by atoms with van der Waals surface area (Å²) in [6.45, 7) is 3.84. The third-order valence-electron chi connectivity index (χ3n) is 4.45. The van der Waals surface area contributed by atoms with Gasteiger partial charge in [-0.25, -0.2) is 0 Å². The molecule has 0 aromatic carbocycles. The summed E-state index contributed by atoms with van der Waals surface area (Å²) in [4.78, 5) is 12.5. The number of carbonyl (C=O) groups is 1. The molecule has 2 aliphatic rings. The van der Waals surface area contributed by atoms with Gasteiger partial charge in [0, 0.05) is 12.6 Å². The lowest BCUT2D eigenvalue weighted by molar-refractivity contribution is -0.131. The van der Waals surface area contributed by atoms with Crippen LogP contribution in [0.1, 0.15) is 45.4 Å². The molecule has 1 amide bonds. The van der Waals surface area contributed by atoms with E-state index in [1.54, 1.807) is 0 Å². The normalized spacial score (nSPS) is 35.3. The van der Waals surface area contributed by atoms with Gasteiger partial charge in [-0.2, -0.15) is 5.26 Å². The van der Waals surface area contributed by atoms with Gasteiger partial charge in [-0.05, 0) is 38.6 Å². The minimum absolute atomic E-state index is 0.0157. The highest BCUT2D eigenvalue weighted by Gasteiger charge is 2.42. The first kappa shape index (κ1) is 13.4. The van der Waals surface area contributed by atoms with E-state index >= 15 is 0 Å². The zero-order chi connectivity index (χ0) is 13.0. The van der Waals surface area contributed by atoms with Crippen LogP contribution in [-0.2, 0) is 4.79 Å². The second-order valence-corrected chi connectivity index (χ2v) is 5.70. The van der Waals surface area contributed by atoms with Gasteiger partial charge < -0.3 is 10.6 Å². The number of hydrogen-bond acceptors (Lipinski definition) is 3. The summed E-state index contributed by atoms with van der Waals surface area (Å²) in [6.07, 6.45) is 5.84. The number of rotatable bonds is 4. The number of hydrogen-bond donors (Lipinski definition) is 2. The van der Waals surface area contributed by atoms with Crippen LogP contribution in [0, 0.1) is 22.7 Å². The van der Waals surface area contributed by atoms with Crippen LogP contribution in [0.5, 0.6) is 0 Å². The van der Waals surface area contributed by atoms with Crippen LogP contribution in [0.3, 0.4) is 0 Å². The minimum atomic E-state index is -0.225. The minimum Gasteiger partial charge on any atom is -0.352 e. The van der Waals surface area contributed by atoms with Crippen molar-refractivity contribution in [3.8, 4) is 6.07 Å². The molecule has 1 aliphatic carbocycles. The Hall–Kier alpha value is -1.08. The molecule has 4 heteroatoms. The van der Waals surface area contributed by atoms with Gasteiger partial charge in [0.25, 0.3) is 0 Å². The zero-order valence-corrected chi connectivity index (χ0v) is 11.2. The zero-order valence-electron chi connectivity index (χ0n) is 11.2. The molecule has 0 aromatic heterocycles. The van der Waals surface area contributed by atoms with Crippen molar-refractivity contribution in [2.45, 2.75) is 51.5 Å². The first-order valence-electron chi connectivity index (χ1n) is 7.13. The third-order valence-corrected chi connectivity index (χ3v) is 4.45. The molecule has 4 nitrogen and oxygen atoms in total. The first-order valence-corrected chi connectivity index (χ1v) is 7.13. The molecule has 1 saturated carbocycles. The summed E-state index contributed by atoms with van der Waals surface area (Å²) in [5.74, 6) is 0.184. The molecule has 1 saturated heterocycles. The maximum atomic E-state index is 12.5. The molecule has 3 unspecified atom stereocenters. The van der Waals surface area contributed by atoms with Crippen molar-refractivity contribution in [3.05, 3.63) is 0 Å². The van der Waals surface area contributed by atoms with E-state index in [0.29, 0.717) is 0 Å². The Morgan fingerprint density at radius 2 is 2.39 bits per heavy atom. The molecule has 100 valence electrons. The van der Waals surface area contributed by atoms with Gasteiger partial charge in [0.2, 0.25) is 5.91 Å². The van der Waals surface area contributed by atoms with Gasteiger partial charge in [-0.15, -0.1) is 0 Å². The fourth-order valence-electron chi connectivity index (χ4n) is 3.35. The number of amides is 1. The van der Waals surface area contributed by atoms with Crippen LogP contribution in [-0.4, -0.2) is 25.0 Å². The summed E-state index contributed by atoms with van der Waals surface area (Å²) in [6, 6.07) is 2.40. The average Bonchev–Trinajstić information content (AvgIpc) is 2.99. The molecule has 3 atom stereocenters. The highest BCUT2D eigenvalue weighted by molar-refractivity contribution is 5.83. The van der Waals surface area contributed by atoms with Crippen molar-refractivity contribution in [1.82, 2.24) is 10.6 Å². The fraction of sp³-hybridized carbons (Fsp3) is 0.857. The smallest absolute Gasteiger partial charge is 0.227 e. The maximum Gasteiger partial charge on any atom is 0.227 e. The van der Waals surface area contributed by atoms with E-state index in [2.05, 4.69) is 23.6 Å². The van der Waals surface area contributed by atoms with Gasteiger partial charge in [0.05, 0.1) is 17.4 Å². The highest BCUT2D eigenvalue weighted by Crippen LogP contribution is 2.33. The predicted molar refractivity (Wildman–Crippen MR) is 69.7 cm³/mol. The number of nitriles is 1. The highest BCUT2D eigenvalue weighted by atomic mass is 16.2. The topological polar surface area (TPSA) is 64.9 Å². The molecule has 18 heavy (non-hydrogen) atoms. The van der Waals surface area contributed by atoms with Crippen molar-refractivity contribution in [1.29, 1.82) is 5.26 Å². The quantitative estimate of drug-likeness (QED) is 0.795. The van der Waals surface area contributed by atoms with E-state index in [-0.39, 0.29) is 23.3 Å². The van der Waals surface area contributed by atoms with E-state index in [1.165, 1.54) is 0 Å². The Labute approximate surface area is 109 Å². The SMILES string of the molecule is CCCC1(C(=O)NC2CCCC2C#N)CCNC1. The Morgan fingerprint density at radius 3 is 3.00 bits per heavy atom. The van der Waals surface area contributed by atoms with E-state index < -0.39 is 0 Å². The molecule has 2 fully saturated rings. The lowest BCUT2D eigenvalue weighted by Gasteiger charge is -2.29. The molecular formula is C14H23N3O. The molecule has 0 radical (unpaired) electrons. The van der Waals surface area contributed by atoms with Crippen molar-refractivity contribution in [2.75, 3.05) is 13.1 Å². The summed E-state index contributed by atoms with van der Waals surface area (Å²) in [5.41, 5.74) is -0.225. The van der Waals surface area contributed by atoms with Gasteiger partial charge in [-0.3, -0.25) is 4.79 Å². The second-order valence-electron chi connectivity index (χ2n) is 5.70. The summed E-state index contributed by atoms with van der Waals surface area (Å²) < 4.78 is 0. The van der Waals surface area contributed by atoms with Crippen molar-refractivity contribution in [3.63, 3.8) is 0 Å². The fourth-order valence-corrected chi connectivity index (χ4v) is 3.35. The largest absolute Gasteiger partial charge is 0.352 e. The third kappa shape index (κ3) is 2.51. The van der Waals surface area contributed by atoms with E-state index in [0.717, 1.165) is 51.6 Å². The van der Waals surface area contributed by atoms with E-state index in [1.807, 2.05) is 0 Å². The van der Waals surface area contributed by atoms with Crippen LogP contribution in [0.4, 0.5) is 0 Å². The van der Waals surface area contributed by atoms with Crippen LogP contribution < -0.4 is 10.6 Å². The van der Waals surface area contributed by atoms with E-state index in [4.69, 9.17) is 5.26 Å². The van der Waals surface area contributed by atoms with E-state index in [9.17, 15) is 4.79 Å². The maximum absolute atomic E-state index is 12.5. The van der Waals surface area contributed by atoms with Crippen molar-refractivity contribution in [2.24, 2.45) is 11.3 Å². The Bertz CT molecular complexity index is 341. The average molecular weight is 249 g/mol. The molecule has 2 N–H and O–H groups in total. The molecule has 0 bridgehead atoms. The molecular weight excluding hydrogens is 226 g/mol. The number of carbonyl (C=O) groups excluding carboxylic acids is 1. The van der Waals surface area contributed by atoms with Gasteiger partial charge in [0.15, 0.2) is 0 Å². The molecule has 2 rings (SSSR count). The van der Waals surface area contributed by atoms with Gasteiger partial charge in [-0.1, -0.05) is 13.3 Å². The predicted octanol–water partition coefficient (Wildman–Crippen LogP) is 1.57. The lowest BCUT2D eigenvalue weighted by Crippen LogP contribution is -2.47. The van der Waals surface area contributed by atoms with Gasteiger partial charge >= 0.3 is 0 Å². The Morgan fingerprint density at radius 1 is 1.56 bits per heavy atom. The Balaban J connectivity index is 1.99. The van der Waals surface area contributed by atoms with Crippen molar-refractivity contribution >= 4 is 5.91 Å². The standard InChI is InChI=1S/C14H23N3O/c1-2-6-14(7-8-16-10-14)13(18)17-12-5-3-4-11(12)9-15/h11-12,16H,2-8,10H2,1H3,(H,17,18). The van der Waals surface area contributed by atoms with Crippen LogP contribution in [0.2, 0.25) is 0 Å². The number of nitrogens with zero attached hydrogens (tertiary/aromatic N) is 1. The molecule has 0 spiro atoms. The van der Waals surface area contributed by atoms with Crippen LogP contribution in [0.25, 0.3) is 0 Å². The Kier molecular flexibility index (Phi) is 4.23. The second kappa shape index (κ2) is 5.71. The molecule has 0 aromatic rings. The van der Waals surface area contributed by atoms with Crippen LogP contribution >= 0.6 is 0 Å². The summed E-state index contributed by atoms with van der Waals surface area (Å²) in [5, 5.41) is 15.5. The van der Waals surface area contributed by atoms with Crippen LogP contribution in [0.15, 0.2) is 0 Å².